The van der Waals surface area contributed by atoms with Gasteiger partial charge in [-0.1, -0.05) is 87.5 Å². The molecular weight excluding hydrogens is 677 g/mol. The molecule has 2 fully saturated rings. The highest BCUT2D eigenvalue weighted by molar-refractivity contribution is 6.99. The Labute approximate surface area is 314 Å². The van der Waals surface area contributed by atoms with Crippen molar-refractivity contribution in [2.24, 2.45) is 17.8 Å². The van der Waals surface area contributed by atoms with Crippen LogP contribution in [0.4, 0.5) is 0 Å². The number of likely N-dealkylation sites (tertiary alicyclic amines) is 1. The normalized spacial score (nSPS) is 22.0. The summed E-state index contributed by atoms with van der Waals surface area (Å²) in [4.78, 5) is 33.2. The van der Waals surface area contributed by atoms with Gasteiger partial charge in [0.05, 0.1) is 36.8 Å². The largest absolute Gasteiger partial charge is 0.507 e. The summed E-state index contributed by atoms with van der Waals surface area (Å²) in [6.07, 6.45) is 5.58. The number of aromatic nitrogens is 1. The number of imide groups is 1. The SMILES string of the molecule is Cc1cc(/C=C(/CC[C@H]2OC[C@H]3C2=C(CO[Si](c2ccccc2)(c2ccccc2)C(C)(C)C)C[C@H]2C(=O)N(C)C(=O)[C@H]23)c2ccccn2)cc(C)c1O. The van der Waals surface area contributed by atoms with E-state index in [1.54, 1.807) is 7.05 Å². The van der Waals surface area contributed by atoms with E-state index in [1.165, 1.54) is 15.3 Å². The first-order chi connectivity index (χ1) is 25.4. The van der Waals surface area contributed by atoms with Gasteiger partial charge in [-0.25, -0.2) is 0 Å². The molecule has 4 atom stereocenters. The molecule has 2 saturated heterocycles. The monoisotopic (exact) mass is 726 g/mol. The molecule has 3 heterocycles. The number of amides is 2. The lowest BCUT2D eigenvalue weighted by Crippen LogP contribution is -2.66. The third-order valence-electron chi connectivity index (χ3n) is 11.6. The average molecular weight is 727 g/mol. The molecule has 0 radical (unpaired) electrons. The molecule has 8 heteroatoms. The van der Waals surface area contributed by atoms with Gasteiger partial charge in [-0.15, -0.1) is 0 Å². The Morgan fingerprint density at radius 3 is 2.13 bits per heavy atom. The summed E-state index contributed by atoms with van der Waals surface area (Å²) in [5, 5.41) is 12.6. The van der Waals surface area contributed by atoms with Gasteiger partial charge in [0.2, 0.25) is 11.8 Å². The first kappa shape index (κ1) is 36.7. The van der Waals surface area contributed by atoms with E-state index >= 15 is 0 Å². The van der Waals surface area contributed by atoms with Crippen LogP contribution in [0.1, 0.15) is 62.4 Å². The van der Waals surface area contributed by atoms with Crippen LogP contribution in [0.3, 0.4) is 0 Å². The molecule has 1 aromatic heterocycles. The van der Waals surface area contributed by atoms with Crippen molar-refractivity contribution in [1.29, 1.82) is 0 Å². The minimum Gasteiger partial charge on any atom is -0.507 e. The van der Waals surface area contributed by atoms with Crippen LogP contribution in [-0.2, 0) is 18.8 Å². The number of rotatable bonds is 10. The number of ether oxygens (including phenoxy) is 1. The van der Waals surface area contributed by atoms with Crippen LogP contribution in [-0.4, -0.2) is 61.5 Å². The first-order valence-corrected chi connectivity index (χ1v) is 20.6. The maximum atomic E-state index is 13.6. The van der Waals surface area contributed by atoms with Gasteiger partial charge in [-0.05, 0) is 112 Å². The van der Waals surface area contributed by atoms with Crippen LogP contribution in [0, 0.1) is 31.6 Å². The predicted molar refractivity (Wildman–Crippen MR) is 212 cm³/mol. The average Bonchev–Trinajstić information content (AvgIpc) is 3.67. The topological polar surface area (TPSA) is 89.0 Å². The van der Waals surface area contributed by atoms with E-state index < -0.39 is 20.2 Å². The predicted octanol–water partition coefficient (Wildman–Crippen LogP) is 7.25. The third-order valence-corrected chi connectivity index (χ3v) is 16.6. The van der Waals surface area contributed by atoms with E-state index in [4.69, 9.17) is 14.1 Å². The minimum absolute atomic E-state index is 0.106. The maximum Gasteiger partial charge on any atom is 0.261 e. The molecule has 0 saturated carbocycles. The molecule has 2 amide bonds. The molecule has 0 spiro atoms. The lowest BCUT2D eigenvalue weighted by molar-refractivity contribution is -0.138. The van der Waals surface area contributed by atoms with E-state index in [2.05, 4.69) is 75.4 Å². The number of pyridine rings is 1. The Morgan fingerprint density at radius 1 is 0.925 bits per heavy atom. The molecule has 7 nitrogen and oxygen atoms in total. The van der Waals surface area contributed by atoms with Crippen molar-refractivity contribution < 1.29 is 23.9 Å². The van der Waals surface area contributed by atoms with Crippen LogP contribution in [0.25, 0.3) is 11.6 Å². The lowest BCUT2D eigenvalue weighted by atomic mass is 9.69. The molecule has 4 aromatic rings. The maximum absolute atomic E-state index is 13.6. The number of aryl methyl sites for hydroxylation is 2. The van der Waals surface area contributed by atoms with E-state index in [-0.39, 0.29) is 28.9 Å². The van der Waals surface area contributed by atoms with Crippen molar-refractivity contribution >= 4 is 42.2 Å². The van der Waals surface area contributed by atoms with Crippen LogP contribution in [0.15, 0.2) is 108 Å². The number of hydrogen-bond donors (Lipinski definition) is 1. The van der Waals surface area contributed by atoms with Crippen LogP contribution in [0.2, 0.25) is 5.04 Å². The molecule has 2 aliphatic heterocycles. The zero-order chi connectivity index (χ0) is 37.5. The van der Waals surface area contributed by atoms with Crippen LogP contribution >= 0.6 is 0 Å². The number of nitrogens with zero attached hydrogens (tertiary/aromatic N) is 2. The molecule has 7 rings (SSSR count). The van der Waals surface area contributed by atoms with Crippen molar-refractivity contribution in [3.05, 3.63) is 131 Å². The summed E-state index contributed by atoms with van der Waals surface area (Å²) in [6, 6.07) is 31.2. The van der Waals surface area contributed by atoms with Gasteiger partial charge in [0, 0.05) is 19.2 Å². The Bertz CT molecular complexity index is 1990. The standard InChI is InChI=1S/C45H50N2O5Si/c1-29-23-31(24-30(2)42(29)48)25-32(38-19-13-14-22-46-38)20-21-39-40-33(26-36-41(37(40)28-51-39)44(50)47(6)43(36)49)27-52-53(45(3,4)5,34-15-9-7-10-16-34)35-17-11-8-12-18-35/h7-19,22-25,36-37,39,41,48H,20-21,26-28H2,1-6H3/b32-25-/t36-,37+,39-,41-/m1/s1. The summed E-state index contributed by atoms with van der Waals surface area (Å²) in [5.41, 5.74) is 6.83. The van der Waals surface area contributed by atoms with E-state index in [0.29, 0.717) is 38.2 Å². The van der Waals surface area contributed by atoms with Crippen molar-refractivity contribution in [2.75, 3.05) is 20.3 Å². The van der Waals surface area contributed by atoms with Gasteiger partial charge in [-0.3, -0.25) is 19.5 Å². The quantitative estimate of drug-likeness (QED) is 0.105. The number of aromatic hydroxyl groups is 1. The number of hydrogen-bond acceptors (Lipinski definition) is 6. The number of carbonyl (C=O) groups excluding carboxylic acids is 2. The van der Waals surface area contributed by atoms with Crippen molar-refractivity contribution in [2.45, 2.75) is 65.0 Å². The second-order valence-corrected chi connectivity index (χ2v) is 20.2. The molecular formula is C45H50N2O5Si. The minimum atomic E-state index is -2.89. The zero-order valence-corrected chi connectivity index (χ0v) is 32.6. The molecule has 0 unspecified atom stereocenters. The highest BCUT2D eigenvalue weighted by Gasteiger charge is 2.57. The summed E-state index contributed by atoms with van der Waals surface area (Å²) < 4.78 is 14.1. The number of benzene rings is 3. The molecule has 53 heavy (non-hydrogen) atoms. The number of phenols is 1. The highest BCUT2D eigenvalue weighted by Crippen LogP contribution is 2.50. The zero-order valence-electron chi connectivity index (χ0n) is 31.6. The molecule has 1 aliphatic carbocycles. The van der Waals surface area contributed by atoms with Crippen molar-refractivity contribution in [3.8, 4) is 5.75 Å². The third kappa shape index (κ3) is 6.73. The fourth-order valence-corrected chi connectivity index (χ4v) is 13.7. The fourth-order valence-electron chi connectivity index (χ4n) is 9.11. The van der Waals surface area contributed by atoms with Gasteiger partial charge >= 0.3 is 0 Å². The van der Waals surface area contributed by atoms with Gasteiger partial charge in [-0.2, -0.15) is 0 Å². The van der Waals surface area contributed by atoms with Crippen molar-refractivity contribution in [3.63, 3.8) is 0 Å². The lowest BCUT2D eigenvalue weighted by Gasteiger charge is -2.44. The molecule has 274 valence electrons. The van der Waals surface area contributed by atoms with E-state index in [9.17, 15) is 14.7 Å². The Hall–Kier alpha value is -4.63. The van der Waals surface area contributed by atoms with Gasteiger partial charge in [0.15, 0.2) is 0 Å². The first-order valence-electron chi connectivity index (χ1n) is 18.7. The van der Waals surface area contributed by atoms with Crippen LogP contribution < -0.4 is 10.4 Å². The van der Waals surface area contributed by atoms with Gasteiger partial charge < -0.3 is 14.3 Å². The summed E-state index contributed by atoms with van der Waals surface area (Å²) in [7, 11) is -1.27. The van der Waals surface area contributed by atoms with E-state index in [0.717, 1.165) is 39.1 Å². The fraction of sp³-hybridized carbons (Fsp3) is 0.356. The van der Waals surface area contributed by atoms with Gasteiger partial charge in [0.1, 0.15) is 5.75 Å². The number of phenolic OH excluding ortho intramolecular Hbond substituents is 1. The highest BCUT2D eigenvalue weighted by atomic mass is 28.4. The molecule has 3 aliphatic rings. The smallest absolute Gasteiger partial charge is 0.261 e. The Morgan fingerprint density at radius 2 is 1.55 bits per heavy atom. The number of allylic oxidation sites excluding steroid dienone is 1. The molecule has 1 N–H and O–H groups in total. The second-order valence-electron chi connectivity index (χ2n) is 15.9. The Kier molecular flexibility index (Phi) is 10.1. The Balaban J connectivity index is 1.28. The van der Waals surface area contributed by atoms with Crippen LogP contribution in [0.5, 0.6) is 5.75 Å². The summed E-state index contributed by atoms with van der Waals surface area (Å²) >= 11 is 0. The summed E-state index contributed by atoms with van der Waals surface area (Å²) in [6.45, 7) is 11.4. The summed E-state index contributed by atoms with van der Waals surface area (Å²) in [5.74, 6) is -0.907. The van der Waals surface area contributed by atoms with Gasteiger partial charge in [0.25, 0.3) is 8.32 Å². The molecule has 3 aromatic carbocycles. The number of fused-ring (bicyclic) bond motifs is 3. The molecule has 0 bridgehead atoms. The number of carbonyl (C=O) groups is 2. The second kappa shape index (κ2) is 14.7. The van der Waals surface area contributed by atoms with Crippen molar-refractivity contribution in [1.82, 2.24) is 9.88 Å². The van der Waals surface area contributed by atoms with E-state index in [1.807, 2.05) is 62.5 Å².